The van der Waals surface area contributed by atoms with Crippen molar-refractivity contribution in [1.82, 2.24) is 10.2 Å². The Bertz CT molecular complexity index is 393. The lowest BCUT2D eigenvalue weighted by atomic mass is 10.1. The summed E-state index contributed by atoms with van der Waals surface area (Å²) in [6.07, 6.45) is 0.959. The van der Waals surface area contributed by atoms with Gasteiger partial charge in [-0.25, -0.2) is 4.79 Å². The largest absolute Gasteiger partial charge is 0.491 e. The number of para-hydroxylation sites is 1. The predicted molar refractivity (Wildman–Crippen MR) is 66.3 cm³/mol. The molecule has 0 radical (unpaired) electrons. The van der Waals surface area contributed by atoms with Crippen molar-refractivity contribution in [3.63, 3.8) is 0 Å². The number of aryl methyl sites for hydroxylation is 1. The fourth-order valence-corrected chi connectivity index (χ4v) is 1.93. The zero-order valence-electron chi connectivity index (χ0n) is 10.1. The number of carbonyl (C=O) groups is 1. The summed E-state index contributed by atoms with van der Waals surface area (Å²) >= 11 is 0. The smallest absolute Gasteiger partial charge is 0.317 e. The van der Waals surface area contributed by atoms with Gasteiger partial charge in [0.1, 0.15) is 12.4 Å². The van der Waals surface area contributed by atoms with Crippen LogP contribution in [0.2, 0.25) is 0 Å². The van der Waals surface area contributed by atoms with E-state index in [1.165, 1.54) is 5.56 Å². The quantitative estimate of drug-likeness (QED) is 0.841. The molecule has 1 fully saturated rings. The summed E-state index contributed by atoms with van der Waals surface area (Å²) in [5, 5.41) is 2.77. The summed E-state index contributed by atoms with van der Waals surface area (Å²) in [7, 11) is 0. The van der Waals surface area contributed by atoms with E-state index < -0.39 is 0 Å². The Labute approximate surface area is 102 Å². The minimum Gasteiger partial charge on any atom is -0.491 e. The Morgan fingerprint density at radius 3 is 2.94 bits per heavy atom. The van der Waals surface area contributed by atoms with Gasteiger partial charge >= 0.3 is 6.03 Å². The molecule has 0 spiro atoms. The molecule has 0 atom stereocenters. The van der Waals surface area contributed by atoms with Gasteiger partial charge in [0.15, 0.2) is 0 Å². The Morgan fingerprint density at radius 2 is 2.24 bits per heavy atom. The van der Waals surface area contributed by atoms with E-state index in [1.807, 2.05) is 18.2 Å². The van der Waals surface area contributed by atoms with Crippen LogP contribution in [-0.2, 0) is 6.42 Å². The third-order valence-corrected chi connectivity index (χ3v) is 2.92. The monoisotopic (exact) mass is 234 g/mol. The van der Waals surface area contributed by atoms with Crippen molar-refractivity contribution in [2.45, 2.75) is 13.3 Å². The molecule has 1 heterocycles. The molecule has 1 aromatic carbocycles. The Hall–Kier alpha value is -1.71. The Kier molecular flexibility index (Phi) is 3.85. The lowest BCUT2D eigenvalue weighted by molar-refractivity contribution is 0.202. The van der Waals surface area contributed by atoms with Crippen LogP contribution in [0.3, 0.4) is 0 Å². The number of amides is 2. The third-order valence-electron chi connectivity index (χ3n) is 2.92. The summed E-state index contributed by atoms with van der Waals surface area (Å²) in [5.74, 6) is 0.926. The number of benzene rings is 1. The highest BCUT2D eigenvalue weighted by Crippen LogP contribution is 2.18. The molecular weight excluding hydrogens is 216 g/mol. The van der Waals surface area contributed by atoms with Crippen molar-refractivity contribution in [1.29, 1.82) is 0 Å². The van der Waals surface area contributed by atoms with Gasteiger partial charge in [-0.05, 0) is 18.1 Å². The average molecular weight is 234 g/mol. The van der Waals surface area contributed by atoms with Gasteiger partial charge in [0, 0.05) is 13.1 Å². The second kappa shape index (κ2) is 5.57. The second-order valence-corrected chi connectivity index (χ2v) is 4.03. The van der Waals surface area contributed by atoms with E-state index in [2.05, 4.69) is 18.3 Å². The maximum Gasteiger partial charge on any atom is 0.317 e. The Balaban J connectivity index is 1.83. The molecule has 4 heteroatoms. The minimum absolute atomic E-state index is 0.0115. The summed E-state index contributed by atoms with van der Waals surface area (Å²) in [6, 6.07) is 8.04. The first kappa shape index (κ1) is 11.8. The zero-order chi connectivity index (χ0) is 12.1. The van der Waals surface area contributed by atoms with Crippen LogP contribution in [0.1, 0.15) is 12.5 Å². The highest BCUT2D eigenvalue weighted by molar-refractivity contribution is 5.76. The Morgan fingerprint density at radius 1 is 1.41 bits per heavy atom. The summed E-state index contributed by atoms with van der Waals surface area (Å²) < 4.78 is 5.72. The summed E-state index contributed by atoms with van der Waals surface area (Å²) in [5.41, 5.74) is 1.21. The lowest BCUT2D eigenvalue weighted by Gasteiger charge is -2.15. The molecule has 0 bridgehead atoms. The molecule has 2 amide bonds. The van der Waals surface area contributed by atoms with E-state index >= 15 is 0 Å². The zero-order valence-corrected chi connectivity index (χ0v) is 10.1. The molecule has 1 aromatic rings. The van der Waals surface area contributed by atoms with Gasteiger partial charge in [-0.3, -0.25) is 0 Å². The molecule has 0 aromatic heterocycles. The van der Waals surface area contributed by atoms with Gasteiger partial charge in [-0.15, -0.1) is 0 Å². The van der Waals surface area contributed by atoms with E-state index in [4.69, 9.17) is 4.74 Å². The molecular formula is C13H18N2O2. The van der Waals surface area contributed by atoms with Gasteiger partial charge in [0.2, 0.25) is 0 Å². The number of hydrogen-bond donors (Lipinski definition) is 1. The van der Waals surface area contributed by atoms with Crippen molar-refractivity contribution in [2.75, 3.05) is 26.2 Å². The second-order valence-electron chi connectivity index (χ2n) is 4.03. The molecule has 1 aliphatic rings. The van der Waals surface area contributed by atoms with Crippen molar-refractivity contribution in [3.8, 4) is 5.75 Å². The molecule has 1 N–H and O–H groups in total. The van der Waals surface area contributed by atoms with Crippen LogP contribution < -0.4 is 10.1 Å². The van der Waals surface area contributed by atoms with Gasteiger partial charge in [0.25, 0.3) is 0 Å². The number of carbonyl (C=O) groups excluding carboxylic acids is 1. The summed E-state index contributed by atoms with van der Waals surface area (Å²) in [6.45, 7) is 4.81. The van der Waals surface area contributed by atoms with Crippen molar-refractivity contribution < 1.29 is 9.53 Å². The number of urea groups is 1. The van der Waals surface area contributed by atoms with Crippen molar-refractivity contribution >= 4 is 6.03 Å². The molecule has 2 rings (SSSR count). The van der Waals surface area contributed by atoms with E-state index in [-0.39, 0.29) is 6.03 Å². The average Bonchev–Trinajstić information content (AvgIpc) is 2.76. The molecule has 0 saturated carbocycles. The highest BCUT2D eigenvalue weighted by Gasteiger charge is 2.18. The highest BCUT2D eigenvalue weighted by atomic mass is 16.5. The fraction of sp³-hybridized carbons (Fsp3) is 0.462. The molecule has 0 aliphatic carbocycles. The van der Waals surface area contributed by atoms with Crippen LogP contribution in [-0.4, -0.2) is 37.2 Å². The van der Waals surface area contributed by atoms with Crippen molar-refractivity contribution in [2.24, 2.45) is 0 Å². The number of nitrogens with zero attached hydrogens (tertiary/aromatic N) is 1. The SMILES string of the molecule is CCc1ccccc1OCCN1CCNC1=O. The van der Waals surface area contributed by atoms with Crippen molar-refractivity contribution in [3.05, 3.63) is 29.8 Å². The number of nitrogens with one attached hydrogen (secondary N) is 1. The minimum atomic E-state index is 0.0115. The number of ether oxygens (including phenoxy) is 1. The molecule has 4 nitrogen and oxygen atoms in total. The maximum absolute atomic E-state index is 11.3. The first-order valence-electron chi connectivity index (χ1n) is 6.04. The van der Waals surface area contributed by atoms with Gasteiger partial charge in [-0.1, -0.05) is 25.1 Å². The molecule has 1 aliphatic heterocycles. The summed E-state index contributed by atoms with van der Waals surface area (Å²) in [4.78, 5) is 13.1. The lowest BCUT2D eigenvalue weighted by Crippen LogP contribution is -2.31. The predicted octanol–water partition coefficient (Wildman–Crippen LogP) is 1.65. The van der Waals surface area contributed by atoms with E-state index in [0.29, 0.717) is 13.2 Å². The van der Waals surface area contributed by atoms with Gasteiger partial charge in [0.05, 0.1) is 6.54 Å². The molecule has 0 unspecified atom stereocenters. The van der Waals surface area contributed by atoms with E-state index in [0.717, 1.165) is 25.3 Å². The van der Waals surface area contributed by atoms with Crippen LogP contribution in [0.4, 0.5) is 4.79 Å². The molecule has 1 saturated heterocycles. The van der Waals surface area contributed by atoms with E-state index in [1.54, 1.807) is 4.90 Å². The fourth-order valence-electron chi connectivity index (χ4n) is 1.93. The number of rotatable bonds is 5. The van der Waals surface area contributed by atoms with Crippen LogP contribution in [0, 0.1) is 0 Å². The standard InChI is InChI=1S/C13H18N2O2/c1-2-11-5-3-4-6-12(11)17-10-9-15-8-7-14-13(15)16/h3-6H,2,7-10H2,1H3,(H,14,16). The van der Waals surface area contributed by atoms with Crippen LogP contribution >= 0.6 is 0 Å². The molecule has 92 valence electrons. The van der Waals surface area contributed by atoms with Gasteiger partial charge < -0.3 is 15.0 Å². The topological polar surface area (TPSA) is 41.6 Å². The third kappa shape index (κ3) is 2.90. The van der Waals surface area contributed by atoms with E-state index in [9.17, 15) is 4.79 Å². The normalized spacial score (nSPS) is 14.9. The van der Waals surface area contributed by atoms with Crippen LogP contribution in [0.25, 0.3) is 0 Å². The van der Waals surface area contributed by atoms with Crippen LogP contribution in [0.15, 0.2) is 24.3 Å². The molecule has 17 heavy (non-hydrogen) atoms. The number of hydrogen-bond acceptors (Lipinski definition) is 2. The first-order chi connectivity index (χ1) is 8.31. The maximum atomic E-state index is 11.3. The first-order valence-corrected chi connectivity index (χ1v) is 6.04. The van der Waals surface area contributed by atoms with Gasteiger partial charge in [-0.2, -0.15) is 0 Å². The van der Waals surface area contributed by atoms with Crippen LogP contribution in [0.5, 0.6) is 5.75 Å².